The normalized spacial score (nSPS) is 14.7. The van der Waals surface area contributed by atoms with Gasteiger partial charge in [-0.15, -0.1) is 0 Å². The zero-order chi connectivity index (χ0) is 34.5. The van der Waals surface area contributed by atoms with Crippen molar-refractivity contribution in [2.45, 2.75) is 57.4 Å². The van der Waals surface area contributed by atoms with Crippen molar-refractivity contribution >= 4 is 25.3 Å². The Morgan fingerprint density at radius 2 is 1.88 bits per heavy atom. The lowest BCUT2D eigenvalue weighted by atomic mass is 9.94. The summed E-state index contributed by atoms with van der Waals surface area (Å²) < 4.78 is 22.2. The Morgan fingerprint density at radius 1 is 1.10 bits per heavy atom. The van der Waals surface area contributed by atoms with Crippen LogP contribution in [0.1, 0.15) is 49.7 Å². The highest BCUT2D eigenvalue weighted by Gasteiger charge is 2.25. The van der Waals surface area contributed by atoms with Gasteiger partial charge in [0.15, 0.2) is 12.4 Å². The number of phenols is 1. The number of anilines is 1. The van der Waals surface area contributed by atoms with Crippen molar-refractivity contribution in [1.29, 1.82) is 0 Å². The third kappa shape index (κ3) is 12.0. The molecule has 14 nitrogen and oxygen atoms in total. The van der Waals surface area contributed by atoms with Gasteiger partial charge in [0.25, 0.3) is 5.91 Å². The molecule has 1 aliphatic heterocycles. The van der Waals surface area contributed by atoms with E-state index in [4.69, 9.17) is 28.7 Å². The Hall–Kier alpha value is -3.78. The minimum absolute atomic E-state index is 0.000376. The fourth-order valence-corrected chi connectivity index (χ4v) is 5.93. The number of hydrogen-bond donors (Lipinski definition) is 6. The number of benzene rings is 2. The number of carbonyl (C=O) groups excluding carboxylic acids is 2. The Labute approximate surface area is 280 Å². The summed E-state index contributed by atoms with van der Waals surface area (Å²) in [5.41, 5.74) is 4.69. The van der Waals surface area contributed by atoms with Gasteiger partial charge in [-0.05, 0) is 55.0 Å². The average Bonchev–Trinajstić information content (AvgIpc) is 3.49. The third-order valence-corrected chi connectivity index (χ3v) is 8.23. The van der Waals surface area contributed by atoms with E-state index in [1.165, 1.54) is 24.8 Å². The smallest absolute Gasteiger partial charge is 0.466 e. The molecule has 1 aromatic heterocycles. The molecule has 0 unspecified atom stereocenters. The highest BCUT2D eigenvalue weighted by molar-refractivity contribution is 7.45. The molecule has 48 heavy (non-hydrogen) atoms. The summed E-state index contributed by atoms with van der Waals surface area (Å²) in [6.07, 6.45) is 11.4. The molecule has 1 saturated carbocycles. The van der Waals surface area contributed by atoms with Gasteiger partial charge in [-0.3, -0.25) is 14.3 Å². The molecule has 6 N–H and O–H groups in total. The second-order valence-electron chi connectivity index (χ2n) is 11.9. The Bertz CT molecular complexity index is 1550. The first-order chi connectivity index (χ1) is 23.0. The second kappa shape index (κ2) is 18.1. The van der Waals surface area contributed by atoms with Crippen LogP contribution >= 0.6 is 7.82 Å². The van der Waals surface area contributed by atoms with E-state index in [0.717, 1.165) is 36.0 Å². The Kier molecular flexibility index (Phi) is 14.0. The van der Waals surface area contributed by atoms with E-state index in [1.54, 1.807) is 10.7 Å². The van der Waals surface area contributed by atoms with E-state index in [2.05, 4.69) is 44.9 Å². The van der Waals surface area contributed by atoms with Crippen LogP contribution in [0.4, 0.5) is 5.69 Å². The summed E-state index contributed by atoms with van der Waals surface area (Å²) in [5.74, 6) is 0.411. The van der Waals surface area contributed by atoms with Crippen LogP contribution in [0.25, 0.3) is 11.1 Å². The quantitative estimate of drug-likeness (QED) is 0.0828. The fraction of sp³-hybridized carbons (Fsp3) is 0.485. The molecule has 1 aliphatic carbocycles. The monoisotopic (exact) mass is 687 g/mol. The number of nitrogens with zero attached hydrogens (tertiary/aromatic N) is 3. The number of phenolic OH excluding ortho intramolecular Hbond substituents is 1. The lowest BCUT2D eigenvalue weighted by molar-refractivity contribution is -0.135. The minimum Gasteiger partial charge on any atom is -0.506 e. The van der Waals surface area contributed by atoms with Crippen LogP contribution in [-0.4, -0.2) is 91.8 Å². The maximum absolute atomic E-state index is 13.3. The molecule has 0 atom stereocenters. The summed E-state index contributed by atoms with van der Waals surface area (Å²) in [6, 6.07) is 12.1. The fourth-order valence-electron chi connectivity index (χ4n) is 5.93. The summed E-state index contributed by atoms with van der Waals surface area (Å²) in [4.78, 5) is 48.6. The van der Waals surface area contributed by atoms with Gasteiger partial charge in [-0.1, -0.05) is 49.6 Å². The standard InChI is InChI=1S/C33H43N5O5.H3O4P/c1-37-22-27(21-35-37)26-7-5-6-24(20-26)13-18-42-19-14-31(41)38(28-8-3-2-4-9-28)17-16-34-15-12-25-10-11-29(39)32-33(25)43-23-30(40)36-32;1-5(2,3)4/h5-7,10-11,20-22,28,34,39H,2-4,8-9,12-19,23H2,1H3,(H,36,40);(H3,1,2,3,4). The summed E-state index contributed by atoms with van der Waals surface area (Å²) in [7, 11) is -2.72. The molecular formula is C33H46N5O9P. The van der Waals surface area contributed by atoms with Crippen LogP contribution in [-0.2, 0) is 38.8 Å². The van der Waals surface area contributed by atoms with E-state index in [1.807, 2.05) is 25.5 Å². The van der Waals surface area contributed by atoms with Crippen LogP contribution in [0.15, 0.2) is 48.8 Å². The Balaban J connectivity index is 0.000000968. The molecule has 0 spiro atoms. The van der Waals surface area contributed by atoms with Crippen LogP contribution in [0.5, 0.6) is 11.5 Å². The van der Waals surface area contributed by atoms with E-state index in [0.29, 0.717) is 63.2 Å². The number of aromatic nitrogens is 2. The van der Waals surface area contributed by atoms with Gasteiger partial charge >= 0.3 is 7.82 Å². The van der Waals surface area contributed by atoms with Gasteiger partial charge < -0.3 is 44.8 Å². The van der Waals surface area contributed by atoms with Gasteiger partial charge in [-0.25, -0.2) is 4.57 Å². The highest BCUT2D eigenvalue weighted by atomic mass is 31.2. The van der Waals surface area contributed by atoms with Crippen molar-refractivity contribution in [1.82, 2.24) is 20.0 Å². The lowest BCUT2D eigenvalue weighted by Gasteiger charge is -2.34. The molecule has 2 aromatic carbocycles. The van der Waals surface area contributed by atoms with E-state index in [-0.39, 0.29) is 24.2 Å². The van der Waals surface area contributed by atoms with E-state index >= 15 is 0 Å². The minimum atomic E-state index is -4.64. The molecule has 15 heteroatoms. The molecule has 0 radical (unpaired) electrons. The number of fused-ring (bicyclic) bond motifs is 1. The first kappa shape index (κ1) is 37.0. The number of rotatable bonds is 14. The van der Waals surface area contributed by atoms with Crippen molar-refractivity contribution in [3.05, 3.63) is 59.9 Å². The number of ether oxygens (including phenoxy) is 2. The summed E-state index contributed by atoms with van der Waals surface area (Å²) in [5, 5.41) is 20.5. The predicted octanol–water partition coefficient (Wildman–Crippen LogP) is 3.14. The van der Waals surface area contributed by atoms with Crippen LogP contribution in [0, 0.1) is 0 Å². The topological polar surface area (TPSA) is 196 Å². The number of nitrogens with one attached hydrogen (secondary N) is 2. The number of hydrogen-bond acceptors (Lipinski definition) is 8. The van der Waals surface area contributed by atoms with E-state index in [9.17, 15) is 14.7 Å². The van der Waals surface area contributed by atoms with E-state index < -0.39 is 7.82 Å². The van der Waals surface area contributed by atoms with Gasteiger partial charge in [0.05, 0.1) is 25.8 Å². The molecule has 2 amide bonds. The maximum Gasteiger partial charge on any atom is 0.466 e. The van der Waals surface area contributed by atoms with Crippen molar-refractivity contribution in [3.63, 3.8) is 0 Å². The first-order valence-electron chi connectivity index (χ1n) is 16.2. The summed E-state index contributed by atoms with van der Waals surface area (Å²) >= 11 is 0. The van der Waals surface area contributed by atoms with Gasteiger partial charge in [-0.2, -0.15) is 5.10 Å². The van der Waals surface area contributed by atoms with Crippen molar-refractivity contribution in [2.24, 2.45) is 7.05 Å². The van der Waals surface area contributed by atoms with Crippen LogP contribution in [0.3, 0.4) is 0 Å². The zero-order valence-electron chi connectivity index (χ0n) is 27.2. The molecule has 3 aromatic rings. The SMILES string of the molecule is Cn1cc(-c2cccc(CCOCCC(=O)N(CCNCCc3ccc(O)c4c3OCC(=O)N4)C3CCCCC3)c2)cn1.O=P(O)(O)O. The third-order valence-electron chi connectivity index (χ3n) is 8.23. The van der Waals surface area contributed by atoms with Gasteiger partial charge in [0, 0.05) is 37.9 Å². The predicted molar refractivity (Wildman–Crippen MR) is 179 cm³/mol. The van der Waals surface area contributed by atoms with Crippen LogP contribution < -0.4 is 15.4 Å². The zero-order valence-corrected chi connectivity index (χ0v) is 28.1. The van der Waals surface area contributed by atoms with Crippen LogP contribution in [0.2, 0.25) is 0 Å². The molecule has 5 rings (SSSR count). The van der Waals surface area contributed by atoms with Crippen molar-refractivity contribution in [3.8, 4) is 22.6 Å². The van der Waals surface area contributed by atoms with Crippen molar-refractivity contribution in [2.75, 3.05) is 44.8 Å². The first-order valence-corrected chi connectivity index (χ1v) is 17.8. The highest BCUT2D eigenvalue weighted by Crippen LogP contribution is 2.39. The van der Waals surface area contributed by atoms with Crippen molar-refractivity contribution < 1.29 is 43.4 Å². The molecule has 0 saturated heterocycles. The number of phosphoric acid groups is 1. The number of carbonyl (C=O) groups is 2. The van der Waals surface area contributed by atoms with Gasteiger partial charge in [0.1, 0.15) is 11.4 Å². The Morgan fingerprint density at radius 3 is 2.60 bits per heavy atom. The molecule has 262 valence electrons. The number of amides is 2. The molecule has 2 heterocycles. The number of aryl methyl sites for hydroxylation is 1. The molecule has 1 fully saturated rings. The summed E-state index contributed by atoms with van der Waals surface area (Å²) in [6.45, 7) is 2.97. The molecular weight excluding hydrogens is 641 g/mol. The number of aromatic hydroxyl groups is 1. The molecule has 0 bridgehead atoms. The molecule has 2 aliphatic rings. The van der Waals surface area contributed by atoms with Gasteiger partial charge in [0.2, 0.25) is 5.91 Å². The second-order valence-corrected chi connectivity index (χ2v) is 12.9. The lowest BCUT2D eigenvalue weighted by Crippen LogP contribution is -2.45. The largest absolute Gasteiger partial charge is 0.506 e. The average molecular weight is 688 g/mol. The maximum atomic E-state index is 13.3.